The third-order valence-electron chi connectivity index (χ3n) is 5.17. The van der Waals surface area contributed by atoms with Crippen LogP contribution in [0.15, 0.2) is 72.8 Å². The summed E-state index contributed by atoms with van der Waals surface area (Å²) in [6.07, 6.45) is 5.24. The van der Waals surface area contributed by atoms with Crippen LogP contribution in [0, 0.1) is 0 Å². The first kappa shape index (κ1) is 23.0. The van der Waals surface area contributed by atoms with E-state index in [-0.39, 0.29) is 18.7 Å². The number of hydrogen-bond donors (Lipinski definition) is 0. The molecule has 1 saturated heterocycles. The maximum Gasteiger partial charge on any atom is 0.333 e. The summed E-state index contributed by atoms with van der Waals surface area (Å²) in [5.41, 5.74) is 1.69. The monoisotopic (exact) mass is 432 g/mol. The van der Waals surface area contributed by atoms with Gasteiger partial charge in [-0.15, -0.1) is 0 Å². The number of imide groups is 2. The van der Waals surface area contributed by atoms with Crippen molar-refractivity contribution < 1.29 is 19.1 Å². The maximum absolute atomic E-state index is 13.2. The zero-order valence-corrected chi connectivity index (χ0v) is 18.3. The Balaban J connectivity index is 1.86. The summed E-state index contributed by atoms with van der Waals surface area (Å²) < 4.78 is 5.48. The molecule has 1 fully saturated rings. The summed E-state index contributed by atoms with van der Waals surface area (Å²) in [6.45, 7) is 6.50. The number of nitrogens with zero attached hydrogens (tertiary/aromatic N) is 2. The van der Waals surface area contributed by atoms with Crippen molar-refractivity contribution in [1.82, 2.24) is 9.80 Å². The van der Waals surface area contributed by atoms with Crippen LogP contribution in [0.25, 0.3) is 6.08 Å². The van der Waals surface area contributed by atoms with E-state index in [9.17, 15) is 14.4 Å². The molecule has 4 amide bonds. The predicted octanol–water partition coefficient (Wildman–Crippen LogP) is 4.47. The third kappa shape index (κ3) is 5.52. The van der Waals surface area contributed by atoms with Crippen LogP contribution in [0.5, 0.6) is 5.75 Å². The van der Waals surface area contributed by atoms with Crippen LogP contribution >= 0.6 is 0 Å². The largest absolute Gasteiger partial charge is 0.490 e. The summed E-state index contributed by atoms with van der Waals surface area (Å²) in [6, 6.07) is 16.2. The van der Waals surface area contributed by atoms with Gasteiger partial charge in [-0.3, -0.25) is 19.4 Å². The molecular weight excluding hydrogens is 404 g/mol. The fourth-order valence-corrected chi connectivity index (χ4v) is 3.40. The van der Waals surface area contributed by atoms with Gasteiger partial charge in [0.15, 0.2) is 0 Å². The van der Waals surface area contributed by atoms with Gasteiger partial charge in [0.1, 0.15) is 17.9 Å². The molecule has 166 valence electrons. The lowest BCUT2D eigenvalue weighted by Crippen LogP contribution is -2.56. The number of carbonyl (C=O) groups is 3. The second-order valence-electron chi connectivity index (χ2n) is 7.51. The van der Waals surface area contributed by atoms with Gasteiger partial charge in [-0.1, -0.05) is 68.5 Å². The molecule has 2 aromatic carbocycles. The minimum atomic E-state index is -0.560. The van der Waals surface area contributed by atoms with Crippen LogP contribution in [-0.2, 0) is 16.0 Å². The van der Waals surface area contributed by atoms with Gasteiger partial charge in [-0.05, 0) is 42.2 Å². The van der Waals surface area contributed by atoms with Gasteiger partial charge in [0.2, 0.25) is 0 Å². The molecule has 0 bridgehead atoms. The highest BCUT2D eigenvalue weighted by molar-refractivity contribution is 6.30. The Hall–Kier alpha value is -3.67. The number of rotatable bonds is 10. The van der Waals surface area contributed by atoms with Gasteiger partial charge in [-0.25, -0.2) is 4.79 Å². The fraction of sp³-hybridized carbons (Fsp3) is 0.269. The van der Waals surface area contributed by atoms with Crippen molar-refractivity contribution in [3.63, 3.8) is 0 Å². The first-order valence-electron chi connectivity index (χ1n) is 10.8. The zero-order valence-electron chi connectivity index (χ0n) is 18.3. The van der Waals surface area contributed by atoms with Gasteiger partial charge in [0.05, 0.1) is 0 Å². The van der Waals surface area contributed by atoms with Crippen molar-refractivity contribution in [1.29, 1.82) is 0 Å². The number of benzene rings is 2. The summed E-state index contributed by atoms with van der Waals surface area (Å²) in [5.74, 6) is -0.440. The second-order valence-corrected chi connectivity index (χ2v) is 7.51. The Morgan fingerprint density at radius 1 is 0.906 bits per heavy atom. The standard InChI is InChI=1S/C26H28N2O4/c1-3-5-16-27-24(29)23(19-21-11-13-22(14-12-21)32-18-4-2)25(30)28(26(27)31)17-15-20-9-7-6-8-10-20/h4,6-14,19H,2-3,5,15-18H2,1H3/b23-19+. The molecule has 1 aliphatic rings. The Morgan fingerprint density at radius 3 is 2.19 bits per heavy atom. The molecule has 0 radical (unpaired) electrons. The van der Waals surface area contributed by atoms with Crippen molar-refractivity contribution in [2.45, 2.75) is 26.2 Å². The van der Waals surface area contributed by atoms with Gasteiger partial charge >= 0.3 is 6.03 Å². The molecule has 0 aromatic heterocycles. The SMILES string of the molecule is C=CCOc1ccc(/C=C2\C(=O)N(CCCC)C(=O)N(CCc3ccccc3)C2=O)cc1. The average molecular weight is 433 g/mol. The van der Waals surface area contributed by atoms with E-state index in [1.165, 1.54) is 9.80 Å². The fourth-order valence-electron chi connectivity index (χ4n) is 3.40. The molecule has 0 N–H and O–H groups in total. The summed E-state index contributed by atoms with van der Waals surface area (Å²) in [7, 11) is 0. The number of barbiturate groups is 1. The molecule has 6 heteroatoms. The normalized spacial score (nSPS) is 15.4. The van der Waals surface area contributed by atoms with E-state index in [4.69, 9.17) is 4.74 Å². The Kier molecular flexibility index (Phi) is 7.97. The van der Waals surface area contributed by atoms with Crippen molar-refractivity contribution in [2.24, 2.45) is 0 Å². The van der Waals surface area contributed by atoms with E-state index < -0.39 is 17.8 Å². The molecule has 32 heavy (non-hydrogen) atoms. The lowest BCUT2D eigenvalue weighted by atomic mass is 10.0. The minimum absolute atomic E-state index is 0.00600. The Bertz CT molecular complexity index is 996. The van der Waals surface area contributed by atoms with Crippen LogP contribution in [0.3, 0.4) is 0 Å². The quantitative estimate of drug-likeness (QED) is 0.316. The lowest BCUT2D eigenvalue weighted by molar-refractivity contribution is -0.135. The lowest BCUT2D eigenvalue weighted by Gasteiger charge is -2.34. The van der Waals surface area contributed by atoms with Crippen LogP contribution in [0.2, 0.25) is 0 Å². The number of ether oxygens (including phenoxy) is 1. The predicted molar refractivity (Wildman–Crippen MR) is 124 cm³/mol. The Morgan fingerprint density at radius 2 is 1.56 bits per heavy atom. The van der Waals surface area contributed by atoms with E-state index in [0.717, 1.165) is 12.0 Å². The number of amides is 4. The van der Waals surface area contributed by atoms with Crippen LogP contribution in [-0.4, -0.2) is 47.3 Å². The van der Waals surface area contributed by atoms with E-state index in [0.29, 0.717) is 30.8 Å². The van der Waals surface area contributed by atoms with Crippen LogP contribution < -0.4 is 4.74 Å². The topological polar surface area (TPSA) is 66.9 Å². The van der Waals surface area contributed by atoms with Gasteiger partial charge < -0.3 is 4.74 Å². The molecule has 3 rings (SSSR count). The molecular formula is C26H28N2O4. The molecule has 0 aliphatic carbocycles. The second kappa shape index (κ2) is 11.1. The van der Waals surface area contributed by atoms with Gasteiger partial charge in [0, 0.05) is 13.1 Å². The summed E-state index contributed by atoms with van der Waals surface area (Å²) in [5, 5.41) is 0. The highest BCUT2D eigenvalue weighted by Gasteiger charge is 2.41. The van der Waals surface area contributed by atoms with Crippen molar-refractivity contribution in [2.75, 3.05) is 19.7 Å². The molecule has 0 atom stereocenters. The number of unbranched alkanes of at least 4 members (excludes halogenated alkanes) is 1. The van der Waals surface area contributed by atoms with E-state index in [1.54, 1.807) is 36.4 Å². The van der Waals surface area contributed by atoms with Crippen LogP contribution in [0.1, 0.15) is 30.9 Å². The maximum atomic E-state index is 13.2. The van der Waals surface area contributed by atoms with Crippen molar-refractivity contribution >= 4 is 23.9 Å². The van der Waals surface area contributed by atoms with E-state index in [2.05, 4.69) is 6.58 Å². The molecule has 6 nitrogen and oxygen atoms in total. The number of carbonyl (C=O) groups excluding carboxylic acids is 3. The first-order chi connectivity index (χ1) is 15.5. The molecule has 0 unspecified atom stereocenters. The van der Waals surface area contributed by atoms with Gasteiger partial charge in [0.25, 0.3) is 11.8 Å². The van der Waals surface area contributed by atoms with E-state index >= 15 is 0 Å². The van der Waals surface area contributed by atoms with Crippen molar-refractivity contribution in [3.05, 3.63) is 84.0 Å². The zero-order chi connectivity index (χ0) is 22.9. The number of urea groups is 1. The van der Waals surface area contributed by atoms with Crippen LogP contribution in [0.4, 0.5) is 4.79 Å². The number of hydrogen-bond acceptors (Lipinski definition) is 4. The molecule has 0 saturated carbocycles. The molecule has 1 heterocycles. The molecule has 2 aromatic rings. The smallest absolute Gasteiger partial charge is 0.333 e. The average Bonchev–Trinajstić information content (AvgIpc) is 2.82. The highest BCUT2D eigenvalue weighted by atomic mass is 16.5. The van der Waals surface area contributed by atoms with E-state index in [1.807, 2.05) is 37.3 Å². The van der Waals surface area contributed by atoms with Gasteiger partial charge in [-0.2, -0.15) is 0 Å². The van der Waals surface area contributed by atoms with Crippen molar-refractivity contribution in [3.8, 4) is 5.75 Å². The minimum Gasteiger partial charge on any atom is -0.490 e. The highest BCUT2D eigenvalue weighted by Crippen LogP contribution is 2.22. The summed E-state index contributed by atoms with van der Waals surface area (Å²) >= 11 is 0. The molecule has 1 aliphatic heterocycles. The molecule has 0 spiro atoms. The summed E-state index contributed by atoms with van der Waals surface area (Å²) in [4.78, 5) is 41.5. The Labute approximate surface area is 188 Å². The first-order valence-corrected chi connectivity index (χ1v) is 10.8. The third-order valence-corrected chi connectivity index (χ3v) is 5.17.